The number of carbonyl (C=O) groups is 8. The summed E-state index contributed by atoms with van der Waals surface area (Å²) in [5.74, 6) is -5.52. The molecule has 0 spiro atoms. The fraction of sp³-hybridized carbons (Fsp3) is 0.375. The van der Waals surface area contributed by atoms with Crippen LogP contribution in [-0.4, -0.2) is 125 Å². The lowest BCUT2D eigenvalue weighted by atomic mass is 10.00. The molecule has 0 aliphatic carbocycles. The number of nitrogens with zero attached hydrogens (tertiary/aromatic N) is 2. The molecule has 8 amide bonds. The number of nitrogens with one attached hydrogen (secondary N) is 8. The van der Waals surface area contributed by atoms with Crippen molar-refractivity contribution in [1.29, 1.82) is 5.41 Å². The van der Waals surface area contributed by atoms with Gasteiger partial charge in [-0.15, -0.1) is 0 Å². The summed E-state index contributed by atoms with van der Waals surface area (Å²) >= 11 is 6.15. The van der Waals surface area contributed by atoms with Crippen molar-refractivity contribution in [3.63, 3.8) is 0 Å². The number of hydrogen-bond donors (Lipinski definition) is 10. The number of likely N-dealkylation sites (tertiary alicyclic amines) is 1. The molecule has 0 bridgehead atoms. The van der Waals surface area contributed by atoms with Gasteiger partial charge >= 0.3 is 0 Å². The summed E-state index contributed by atoms with van der Waals surface area (Å²) in [5.41, 5.74) is 12.6. The van der Waals surface area contributed by atoms with E-state index in [-0.39, 0.29) is 51.2 Å². The van der Waals surface area contributed by atoms with Crippen LogP contribution in [-0.2, 0) is 57.6 Å². The molecule has 6 unspecified atom stereocenters. The predicted molar refractivity (Wildman–Crippen MR) is 258 cm³/mol. The lowest BCUT2D eigenvalue weighted by Gasteiger charge is -2.29. The third kappa shape index (κ3) is 16.4. The minimum absolute atomic E-state index is 0.0124. The topological polar surface area (TPSA) is 313 Å². The molecule has 3 aromatic carbocycles. The van der Waals surface area contributed by atoms with Crippen molar-refractivity contribution in [1.82, 2.24) is 47.1 Å². The summed E-state index contributed by atoms with van der Waals surface area (Å²) in [6, 6.07) is 18.2. The smallest absolute Gasteiger partial charge is 0.245 e. The van der Waals surface area contributed by atoms with Gasteiger partial charge in [-0.05, 0) is 78.9 Å². The van der Waals surface area contributed by atoms with Crippen LogP contribution < -0.4 is 48.7 Å². The molecule has 1 aromatic heterocycles. The second kappa shape index (κ2) is 25.6. The number of benzene rings is 3. The third-order valence-electron chi connectivity index (χ3n) is 11.3. The molecule has 0 radical (unpaired) electrons. The highest BCUT2D eigenvalue weighted by Crippen LogP contribution is 2.20. The average molecular weight is 968 g/mol. The summed E-state index contributed by atoms with van der Waals surface area (Å²) in [6.45, 7) is 2.40. The van der Waals surface area contributed by atoms with Crippen molar-refractivity contribution in [2.75, 3.05) is 26.2 Å². The van der Waals surface area contributed by atoms with Crippen LogP contribution >= 0.6 is 11.6 Å². The summed E-state index contributed by atoms with van der Waals surface area (Å²) in [7, 11) is 0. The van der Waals surface area contributed by atoms with Crippen LogP contribution in [0.15, 0.2) is 91.1 Å². The third-order valence-corrected chi connectivity index (χ3v) is 11.6. The Bertz CT molecular complexity index is 2490. The Hall–Kier alpha value is -7.45. The van der Waals surface area contributed by atoms with Crippen LogP contribution in [0.3, 0.4) is 0 Å². The SMILES string of the molecule is CC(=O)NC(Cc1ccc2ccccc2c1)C(=O)NC(Cc1ccc(Cl)cc1)C(=O)NC(Cc1ccccn1)C(=O)NCC(=O)NC(CCNCC(=N)N)C(=O)N1CCCC1C(=O)NC(C)C(N)=O. The predicted octanol–water partition coefficient (Wildman–Crippen LogP) is -0.112. The average Bonchev–Trinajstić information content (AvgIpc) is 3.82. The number of hydrogen-bond acceptors (Lipinski definition) is 11. The van der Waals surface area contributed by atoms with Gasteiger partial charge in [-0.2, -0.15) is 0 Å². The van der Waals surface area contributed by atoms with E-state index in [0.717, 1.165) is 16.3 Å². The van der Waals surface area contributed by atoms with E-state index in [0.29, 0.717) is 29.1 Å². The molecule has 0 saturated carbocycles. The lowest BCUT2D eigenvalue weighted by molar-refractivity contribution is -0.142. The summed E-state index contributed by atoms with van der Waals surface area (Å²) < 4.78 is 0. The van der Waals surface area contributed by atoms with Gasteiger partial charge in [0.1, 0.15) is 42.1 Å². The fourth-order valence-electron chi connectivity index (χ4n) is 7.75. The standard InChI is InChI=1S/C48H59ClN12O8/c1-28(43(52)64)56-47(68)40-11-7-21-61(40)48(69)36(18-20-53-26-41(50)51)58-42(63)27-55-44(65)39(25-35-10-5-6-19-54-35)60-46(67)38(23-30-13-16-34(49)17-14-30)59-45(66)37(57-29(2)62)24-31-12-15-32-8-3-4-9-33(32)22-31/h3-6,8-10,12-17,19,22,28,36-40,53H,7,11,18,20-21,23-27H2,1-2H3,(H3,50,51)(H2,52,64)(H,55,65)(H,56,68)(H,57,62)(H,58,63)(H,59,66)(H,60,67). The Morgan fingerprint density at radius 1 is 0.739 bits per heavy atom. The van der Waals surface area contributed by atoms with Crippen molar-refractivity contribution in [2.45, 2.75) is 88.6 Å². The second-order valence-corrected chi connectivity index (χ2v) is 17.2. The molecule has 20 nitrogen and oxygen atoms in total. The molecule has 1 aliphatic heterocycles. The number of amides is 8. The first kappa shape index (κ1) is 52.5. The van der Waals surface area contributed by atoms with Gasteiger partial charge in [0.25, 0.3) is 0 Å². The van der Waals surface area contributed by atoms with Crippen molar-refractivity contribution >= 4 is 75.5 Å². The van der Waals surface area contributed by atoms with Crippen LogP contribution in [0.25, 0.3) is 10.8 Å². The maximum Gasteiger partial charge on any atom is 0.245 e. The number of amidine groups is 1. The Kier molecular flexibility index (Phi) is 19.5. The van der Waals surface area contributed by atoms with Gasteiger partial charge in [-0.1, -0.05) is 72.3 Å². The Morgan fingerprint density at radius 2 is 1.38 bits per heavy atom. The zero-order valence-corrected chi connectivity index (χ0v) is 39.1. The van der Waals surface area contributed by atoms with Gasteiger partial charge in [0.15, 0.2) is 0 Å². The minimum Gasteiger partial charge on any atom is -0.387 e. The van der Waals surface area contributed by atoms with Gasteiger partial charge in [0.2, 0.25) is 47.3 Å². The highest BCUT2D eigenvalue weighted by Gasteiger charge is 2.38. The molecular formula is C48H59ClN12O8. The summed E-state index contributed by atoms with van der Waals surface area (Å²) in [4.78, 5) is 113. The zero-order valence-electron chi connectivity index (χ0n) is 38.4. The van der Waals surface area contributed by atoms with E-state index < -0.39 is 90.1 Å². The molecule has 69 heavy (non-hydrogen) atoms. The van der Waals surface area contributed by atoms with Crippen molar-refractivity contribution < 1.29 is 38.4 Å². The molecule has 1 saturated heterocycles. The van der Waals surface area contributed by atoms with E-state index in [1.54, 1.807) is 42.5 Å². The number of halogens is 1. The molecule has 6 atom stereocenters. The van der Waals surface area contributed by atoms with Crippen molar-refractivity contribution in [3.8, 4) is 0 Å². The van der Waals surface area contributed by atoms with E-state index in [4.69, 9.17) is 28.5 Å². The van der Waals surface area contributed by atoms with E-state index in [9.17, 15) is 38.4 Å². The second-order valence-electron chi connectivity index (χ2n) is 16.8. The molecule has 1 fully saturated rings. The maximum atomic E-state index is 14.4. The summed E-state index contributed by atoms with van der Waals surface area (Å²) in [5, 5.41) is 28.7. The van der Waals surface area contributed by atoms with Crippen LogP contribution in [0.4, 0.5) is 0 Å². The van der Waals surface area contributed by atoms with Gasteiger partial charge in [0, 0.05) is 49.6 Å². The molecule has 1 aliphatic rings. The number of primary amides is 1. The van der Waals surface area contributed by atoms with Gasteiger partial charge < -0.3 is 53.6 Å². The molecule has 21 heteroatoms. The Labute approximate surface area is 404 Å². The molecule has 2 heterocycles. The van der Waals surface area contributed by atoms with E-state index in [1.807, 2.05) is 42.5 Å². The summed E-state index contributed by atoms with van der Waals surface area (Å²) in [6.07, 6.45) is 2.23. The monoisotopic (exact) mass is 966 g/mol. The first-order valence-corrected chi connectivity index (χ1v) is 22.9. The molecule has 366 valence electrons. The van der Waals surface area contributed by atoms with E-state index >= 15 is 0 Å². The number of nitrogens with two attached hydrogens (primary N) is 2. The number of pyridine rings is 1. The minimum atomic E-state index is -1.34. The first-order chi connectivity index (χ1) is 33.0. The van der Waals surface area contributed by atoms with Crippen LogP contribution in [0.1, 0.15) is 49.9 Å². The first-order valence-electron chi connectivity index (χ1n) is 22.5. The van der Waals surface area contributed by atoms with Crippen LogP contribution in [0.2, 0.25) is 5.02 Å². The molecule has 4 aromatic rings. The normalized spacial score (nSPS) is 15.3. The zero-order chi connectivity index (χ0) is 50.0. The fourth-order valence-corrected chi connectivity index (χ4v) is 7.88. The molecule has 5 rings (SSSR count). The van der Waals surface area contributed by atoms with Crippen LogP contribution in [0, 0.1) is 5.41 Å². The van der Waals surface area contributed by atoms with Gasteiger partial charge in [-0.3, -0.25) is 48.7 Å². The van der Waals surface area contributed by atoms with Gasteiger partial charge in [0.05, 0.1) is 13.1 Å². The molecular weight excluding hydrogens is 908 g/mol. The van der Waals surface area contributed by atoms with E-state index in [1.165, 1.54) is 24.9 Å². The van der Waals surface area contributed by atoms with Crippen molar-refractivity contribution in [2.24, 2.45) is 11.5 Å². The maximum absolute atomic E-state index is 14.4. The lowest BCUT2D eigenvalue weighted by Crippen LogP contribution is -2.59. The van der Waals surface area contributed by atoms with Gasteiger partial charge in [-0.25, -0.2) is 0 Å². The number of fused-ring (bicyclic) bond motifs is 1. The Balaban J connectivity index is 1.33. The van der Waals surface area contributed by atoms with Crippen LogP contribution in [0.5, 0.6) is 0 Å². The number of rotatable bonds is 24. The molecule has 12 N–H and O–H groups in total. The van der Waals surface area contributed by atoms with E-state index in [2.05, 4.69) is 42.2 Å². The number of carbonyl (C=O) groups excluding carboxylic acids is 8. The quantitative estimate of drug-likeness (QED) is 0.0251. The largest absolute Gasteiger partial charge is 0.387 e. The number of aromatic nitrogens is 1. The highest BCUT2D eigenvalue weighted by molar-refractivity contribution is 6.30. The highest BCUT2D eigenvalue weighted by atomic mass is 35.5. The Morgan fingerprint density at radius 3 is 2.03 bits per heavy atom. The van der Waals surface area contributed by atoms with Crippen molar-refractivity contribution in [3.05, 3.63) is 113 Å².